The van der Waals surface area contributed by atoms with Crippen LogP contribution in [0.4, 0.5) is 4.79 Å². The Kier molecular flexibility index (Phi) is 1.62. The summed E-state index contributed by atoms with van der Waals surface area (Å²) in [4.78, 5) is 11.5. The minimum atomic E-state index is -0.796. The van der Waals surface area contributed by atoms with E-state index >= 15 is 0 Å². The number of rotatable bonds is 0. The van der Waals surface area contributed by atoms with Crippen LogP contribution in [0.15, 0.2) is 0 Å². The molecule has 1 amide bonds. The van der Waals surface area contributed by atoms with Crippen molar-refractivity contribution in [1.82, 2.24) is 4.90 Å². The zero-order valence-electron chi connectivity index (χ0n) is 4.33. The van der Waals surface area contributed by atoms with Gasteiger partial charge in [0.25, 0.3) is 0 Å². The number of nitrogens with zero attached hydrogens (tertiary/aromatic N) is 1. The van der Waals surface area contributed by atoms with E-state index in [1.165, 1.54) is 4.90 Å². The largest absolute Gasteiger partial charge is 0.465 e. The molecule has 0 aromatic rings. The van der Waals surface area contributed by atoms with Crippen LogP contribution in [0.3, 0.4) is 0 Å². The van der Waals surface area contributed by atoms with Crippen LogP contribution in [0.2, 0.25) is 0 Å². The normalized spacial score (nSPS) is 19.2. The number of amides is 1. The predicted octanol–water partition coefficient (Wildman–Crippen LogP) is 0.671. The van der Waals surface area contributed by atoms with E-state index in [0.29, 0.717) is 12.4 Å². The van der Waals surface area contributed by atoms with Crippen molar-refractivity contribution in [2.45, 2.75) is 0 Å². The maximum atomic E-state index is 10.1. The molecule has 3 nitrogen and oxygen atoms in total. The van der Waals surface area contributed by atoms with Crippen LogP contribution in [0.5, 0.6) is 0 Å². The van der Waals surface area contributed by atoms with Gasteiger partial charge in [-0.25, -0.2) is 4.79 Å². The summed E-state index contributed by atoms with van der Waals surface area (Å²) in [5.74, 6) is 1.60. The number of hydrogen-bond acceptors (Lipinski definition) is 2. The molecule has 1 saturated heterocycles. The van der Waals surface area contributed by atoms with Crippen molar-refractivity contribution in [1.29, 1.82) is 0 Å². The smallest absolute Gasteiger partial charge is 0.408 e. The van der Waals surface area contributed by atoms with Gasteiger partial charge in [0.2, 0.25) is 0 Å². The molecule has 0 saturated carbocycles. The van der Waals surface area contributed by atoms with Gasteiger partial charge >= 0.3 is 6.09 Å². The third kappa shape index (κ3) is 1.06. The van der Waals surface area contributed by atoms with Crippen molar-refractivity contribution in [3.8, 4) is 0 Å². The summed E-state index contributed by atoms with van der Waals surface area (Å²) in [6.07, 6.45) is -0.796. The SMILES string of the molecule is O=C(O)N1CCSC1. The first kappa shape index (κ1) is 5.75. The number of carbonyl (C=O) groups is 1. The molecule has 1 aliphatic heterocycles. The average Bonchev–Trinajstić information content (AvgIpc) is 2.12. The van der Waals surface area contributed by atoms with E-state index < -0.39 is 6.09 Å². The van der Waals surface area contributed by atoms with E-state index in [9.17, 15) is 4.79 Å². The van der Waals surface area contributed by atoms with Crippen molar-refractivity contribution in [2.75, 3.05) is 18.2 Å². The Balaban J connectivity index is 2.35. The van der Waals surface area contributed by atoms with Gasteiger partial charge in [0.1, 0.15) is 0 Å². The highest BCUT2D eigenvalue weighted by Crippen LogP contribution is 2.12. The highest BCUT2D eigenvalue weighted by molar-refractivity contribution is 7.99. The van der Waals surface area contributed by atoms with Crippen molar-refractivity contribution >= 4 is 17.9 Å². The van der Waals surface area contributed by atoms with Gasteiger partial charge in [-0.1, -0.05) is 0 Å². The quantitative estimate of drug-likeness (QED) is 0.528. The van der Waals surface area contributed by atoms with E-state index in [2.05, 4.69) is 0 Å². The second-order valence-corrected chi connectivity index (χ2v) is 2.66. The molecule has 46 valence electrons. The molecule has 1 fully saturated rings. The standard InChI is InChI=1S/C4H7NO2S/c6-4(7)5-1-2-8-3-5/h1-3H2,(H,6,7). The minimum absolute atomic E-state index is 0.648. The van der Waals surface area contributed by atoms with Crippen LogP contribution in [0, 0.1) is 0 Å². The minimum Gasteiger partial charge on any atom is -0.465 e. The zero-order chi connectivity index (χ0) is 5.98. The van der Waals surface area contributed by atoms with Crippen molar-refractivity contribution in [3.63, 3.8) is 0 Å². The molecular formula is C4H7NO2S. The molecule has 8 heavy (non-hydrogen) atoms. The van der Waals surface area contributed by atoms with Crippen LogP contribution in [0.25, 0.3) is 0 Å². The molecule has 0 bridgehead atoms. The maximum absolute atomic E-state index is 10.1. The van der Waals surface area contributed by atoms with E-state index in [1.807, 2.05) is 0 Å². The maximum Gasteiger partial charge on any atom is 0.408 e. The summed E-state index contributed by atoms with van der Waals surface area (Å²) in [5.41, 5.74) is 0. The highest BCUT2D eigenvalue weighted by Gasteiger charge is 2.15. The monoisotopic (exact) mass is 133 g/mol. The molecule has 1 heterocycles. The Morgan fingerprint density at radius 1 is 1.75 bits per heavy atom. The fourth-order valence-electron chi connectivity index (χ4n) is 0.565. The van der Waals surface area contributed by atoms with E-state index in [0.717, 1.165) is 5.75 Å². The average molecular weight is 133 g/mol. The molecule has 0 aromatic heterocycles. The van der Waals surface area contributed by atoms with Crippen molar-refractivity contribution < 1.29 is 9.90 Å². The van der Waals surface area contributed by atoms with Gasteiger partial charge < -0.3 is 5.11 Å². The van der Waals surface area contributed by atoms with Crippen LogP contribution in [0.1, 0.15) is 0 Å². The first-order chi connectivity index (χ1) is 3.80. The first-order valence-electron chi connectivity index (χ1n) is 2.36. The lowest BCUT2D eigenvalue weighted by atomic mass is 10.7. The zero-order valence-corrected chi connectivity index (χ0v) is 5.15. The molecule has 0 radical (unpaired) electrons. The second kappa shape index (κ2) is 2.26. The van der Waals surface area contributed by atoms with Crippen LogP contribution in [-0.4, -0.2) is 34.3 Å². The van der Waals surface area contributed by atoms with Crippen LogP contribution in [-0.2, 0) is 0 Å². The summed E-state index contributed by atoms with van der Waals surface area (Å²) < 4.78 is 0. The fourth-order valence-corrected chi connectivity index (χ4v) is 1.50. The molecule has 4 heteroatoms. The Morgan fingerprint density at radius 3 is 2.75 bits per heavy atom. The number of thioether (sulfide) groups is 1. The molecule has 0 atom stereocenters. The summed E-state index contributed by atoms with van der Waals surface area (Å²) in [6, 6.07) is 0. The molecule has 1 rings (SSSR count). The molecule has 0 aromatic carbocycles. The third-order valence-electron chi connectivity index (χ3n) is 1.02. The Morgan fingerprint density at radius 2 is 2.50 bits per heavy atom. The molecule has 0 unspecified atom stereocenters. The second-order valence-electron chi connectivity index (χ2n) is 1.58. The number of carboxylic acid groups (broad SMARTS) is 1. The molecule has 0 spiro atoms. The topological polar surface area (TPSA) is 40.5 Å². The lowest BCUT2D eigenvalue weighted by Crippen LogP contribution is -2.25. The van der Waals surface area contributed by atoms with E-state index in [1.54, 1.807) is 11.8 Å². The van der Waals surface area contributed by atoms with Gasteiger partial charge in [0.05, 0.1) is 5.88 Å². The summed E-state index contributed by atoms with van der Waals surface area (Å²) >= 11 is 1.66. The predicted molar refractivity (Wildman–Crippen MR) is 32.1 cm³/mol. The van der Waals surface area contributed by atoms with Gasteiger partial charge in [-0.3, -0.25) is 4.90 Å². The number of hydrogen-bond donors (Lipinski definition) is 1. The van der Waals surface area contributed by atoms with E-state index in [4.69, 9.17) is 5.11 Å². The van der Waals surface area contributed by atoms with Gasteiger partial charge in [-0.15, -0.1) is 11.8 Å². The van der Waals surface area contributed by atoms with Crippen LogP contribution < -0.4 is 0 Å². The van der Waals surface area contributed by atoms with Gasteiger partial charge in [-0.2, -0.15) is 0 Å². The molecular weight excluding hydrogens is 126 g/mol. The summed E-state index contributed by atoms with van der Waals surface area (Å²) in [6.45, 7) is 0.694. The lowest BCUT2D eigenvalue weighted by Gasteiger charge is -2.06. The molecule has 1 aliphatic rings. The summed E-state index contributed by atoms with van der Waals surface area (Å²) in [7, 11) is 0. The van der Waals surface area contributed by atoms with Crippen molar-refractivity contribution in [2.24, 2.45) is 0 Å². The van der Waals surface area contributed by atoms with Gasteiger partial charge in [0, 0.05) is 12.3 Å². The van der Waals surface area contributed by atoms with Crippen molar-refractivity contribution in [3.05, 3.63) is 0 Å². The summed E-state index contributed by atoms with van der Waals surface area (Å²) in [5, 5.41) is 8.33. The first-order valence-corrected chi connectivity index (χ1v) is 3.52. The fraction of sp³-hybridized carbons (Fsp3) is 0.750. The van der Waals surface area contributed by atoms with Gasteiger partial charge in [0.15, 0.2) is 0 Å². The Bertz CT molecular complexity index is 100. The highest BCUT2D eigenvalue weighted by atomic mass is 32.2. The molecule has 0 aliphatic carbocycles. The van der Waals surface area contributed by atoms with Crippen LogP contribution >= 0.6 is 11.8 Å². The lowest BCUT2D eigenvalue weighted by molar-refractivity contribution is 0.158. The Hall–Kier alpha value is -0.380. The third-order valence-corrected chi connectivity index (χ3v) is 1.99. The molecule has 1 N–H and O–H groups in total. The Labute approximate surface area is 51.7 Å². The van der Waals surface area contributed by atoms with Gasteiger partial charge in [-0.05, 0) is 0 Å². The van der Waals surface area contributed by atoms with E-state index in [-0.39, 0.29) is 0 Å².